The SMILES string of the molecule is CC1(C)O[C@H]([C@@H]2OC(C)(C)O[C@@H]2CO)[C@@H](C/[N+]([O-])=C/c2cccc3ccccc23)O1. The number of hydrogen-bond acceptors (Lipinski definition) is 6. The maximum Gasteiger partial charge on any atom is 0.182 e. The molecule has 0 aromatic heterocycles. The molecule has 4 rings (SSSR count). The summed E-state index contributed by atoms with van der Waals surface area (Å²) in [6, 6.07) is 13.8. The van der Waals surface area contributed by atoms with Gasteiger partial charge in [-0.05, 0) is 44.5 Å². The van der Waals surface area contributed by atoms with Crippen molar-refractivity contribution in [3.63, 3.8) is 0 Å². The molecule has 7 nitrogen and oxygen atoms in total. The summed E-state index contributed by atoms with van der Waals surface area (Å²) < 4.78 is 24.8. The second-order valence-electron chi connectivity index (χ2n) is 8.76. The summed E-state index contributed by atoms with van der Waals surface area (Å²) in [4.78, 5) is 0. The number of benzene rings is 2. The van der Waals surface area contributed by atoms with Gasteiger partial charge in [0.05, 0.1) is 6.61 Å². The van der Waals surface area contributed by atoms with Crippen LogP contribution in [0.3, 0.4) is 0 Å². The third-order valence-electron chi connectivity index (χ3n) is 5.41. The van der Waals surface area contributed by atoms with Crippen LogP contribution in [0.1, 0.15) is 33.3 Å². The van der Waals surface area contributed by atoms with Crippen LogP contribution in [-0.4, -0.2) is 65.2 Å². The van der Waals surface area contributed by atoms with Crippen LogP contribution in [0, 0.1) is 5.21 Å². The quantitative estimate of drug-likeness (QED) is 0.350. The molecule has 162 valence electrons. The van der Waals surface area contributed by atoms with Gasteiger partial charge in [-0.3, -0.25) is 0 Å². The Kier molecular flexibility index (Phi) is 5.59. The van der Waals surface area contributed by atoms with Crippen LogP contribution in [-0.2, 0) is 18.9 Å². The largest absolute Gasteiger partial charge is 0.624 e. The lowest BCUT2D eigenvalue weighted by Crippen LogP contribution is -2.45. The van der Waals surface area contributed by atoms with Crippen molar-refractivity contribution in [3.8, 4) is 0 Å². The molecule has 2 fully saturated rings. The Hall–Kier alpha value is -2.03. The van der Waals surface area contributed by atoms with Crippen molar-refractivity contribution >= 4 is 17.0 Å². The highest BCUT2D eigenvalue weighted by Crippen LogP contribution is 2.38. The van der Waals surface area contributed by atoms with Gasteiger partial charge in [-0.2, -0.15) is 0 Å². The van der Waals surface area contributed by atoms with Crippen molar-refractivity contribution in [1.29, 1.82) is 0 Å². The van der Waals surface area contributed by atoms with Crippen molar-refractivity contribution in [2.24, 2.45) is 0 Å². The first-order valence-corrected chi connectivity index (χ1v) is 10.3. The molecule has 0 unspecified atom stereocenters. The monoisotopic (exact) mass is 415 g/mol. The molecule has 0 aliphatic carbocycles. The van der Waals surface area contributed by atoms with Gasteiger partial charge in [0.25, 0.3) is 0 Å². The lowest BCUT2D eigenvalue weighted by Gasteiger charge is -2.25. The normalized spacial score (nSPS) is 30.8. The van der Waals surface area contributed by atoms with Gasteiger partial charge in [0.15, 0.2) is 24.3 Å². The predicted octanol–water partition coefficient (Wildman–Crippen LogP) is 2.80. The van der Waals surface area contributed by atoms with Gasteiger partial charge in [0, 0.05) is 5.56 Å². The minimum absolute atomic E-state index is 0.0652. The lowest BCUT2D eigenvalue weighted by molar-refractivity contribution is -0.466. The molecule has 0 bridgehead atoms. The highest BCUT2D eigenvalue weighted by molar-refractivity contribution is 5.98. The molecular weight excluding hydrogens is 386 g/mol. The first-order chi connectivity index (χ1) is 14.2. The fraction of sp³-hybridized carbons (Fsp3) is 0.522. The Morgan fingerprint density at radius 3 is 2.20 bits per heavy atom. The summed E-state index contributed by atoms with van der Waals surface area (Å²) in [5.41, 5.74) is 0.840. The van der Waals surface area contributed by atoms with Gasteiger partial charge < -0.3 is 29.3 Å². The average molecular weight is 415 g/mol. The average Bonchev–Trinajstić information content (AvgIpc) is 3.16. The number of aliphatic hydroxyl groups excluding tert-OH is 1. The summed E-state index contributed by atoms with van der Waals surface area (Å²) >= 11 is 0. The molecule has 0 spiro atoms. The van der Waals surface area contributed by atoms with Crippen LogP contribution in [0.25, 0.3) is 10.8 Å². The van der Waals surface area contributed by atoms with Crippen LogP contribution in [0.5, 0.6) is 0 Å². The van der Waals surface area contributed by atoms with E-state index in [1.165, 1.54) is 0 Å². The Morgan fingerprint density at radius 1 is 0.900 bits per heavy atom. The molecule has 2 aromatic rings. The summed E-state index contributed by atoms with van der Waals surface area (Å²) in [7, 11) is 0. The molecule has 0 saturated carbocycles. The number of fused-ring (bicyclic) bond motifs is 1. The molecule has 2 aromatic carbocycles. The maximum atomic E-state index is 12.9. The van der Waals surface area contributed by atoms with Gasteiger partial charge in [-0.25, -0.2) is 4.74 Å². The van der Waals surface area contributed by atoms with Crippen LogP contribution < -0.4 is 0 Å². The third-order valence-corrected chi connectivity index (χ3v) is 5.41. The molecule has 2 aliphatic heterocycles. The smallest absolute Gasteiger partial charge is 0.182 e. The van der Waals surface area contributed by atoms with Crippen LogP contribution in [0.15, 0.2) is 42.5 Å². The predicted molar refractivity (Wildman–Crippen MR) is 112 cm³/mol. The van der Waals surface area contributed by atoms with Gasteiger partial charge >= 0.3 is 0 Å². The Balaban J connectivity index is 1.58. The van der Waals surface area contributed by atoms with Crippen molar-refractivity contribution in [2.75, 3.05) is 13.2 Å². The highest BCUT2D eigenvalue weighted by Gasteiger charge is 2.54. The fourth-order valence-electron chi connectivity index (χ4n) is 4.31. The van der Waals surface area contributed by atoms with E-state index >= 15 is 0 Å². The van der Waals surface area contributed by atoms with Crippen molar-refractivity contribution in [1.82, 2.24) is 0 Å². The zero-order valence-electron chi connectivity index (χ0n) is 17.8. The maximum absolute atomic E-state index is 12.9. The molecule has 4 atom stereocenters. The molecule has 0 radical (unpaired) electrons. The minimum atomic E-state index is -0.869. The molecular formula is C23H29NO6. The van der Waals surface area contributed by atoms with E-state index in [0.717, 1.165) is 21.1 Å². The Labute approximate surface area is 176 Å². The highest BCUT2D eigenvalue weighted by atomic mass is 16.8. The molecule has 2 heterocycles. The van der Waals surface area contributed by atoms with Gasteiger partial charge in [-0.15, -0.1) is 0 Å². The molecule has 2 saturated heterocycles. The van der Waals surface area contributed by atoms with E-state index in [1.54, 1.807) is 33.9 Å². The van der Waals surface area contributed by atoms with E-state index in [1.807, 2.05) is 42.5 Å². The Bertz CT molecular complexity index is 935. The van der Waals surface area contributed by atoms with Crippen molar-refractivity contribution in [3.05, 3.63) is 53.2 Å². The Morgan fingerprint density at radius 2 is 1.50 bits per heavy atom. The van der Waals surface area contributed by atoms with Crippen LogP contribution in [0.4, 0.5) is 0 Å². The number of nitrogens with zero attached hydrogens (tertiary/aromatic N) is 1. The van der Waals surface area contributed by atoms with Crippen molar-refractivity contribution < 1.29 is 28.8 Å². The van der Waals surface area contributed by atoms with Gasteiger partial charge in [0.1, 0.15) is 24.4 Å². The van der Waals surface area contributed by atoms with E-state index in [-0.39, 0.29) is 13.2 Å². The summed E-state index contributed by atoms with van der Waals surface area (Å²) in [5.74, 6) is -1.71. The number of hydrogen-bond donors (Lipinski definition) is 1. The van der Waals surface area contributed by atoms with Crippen molar-refractivity contribution in [2.45, 2.75) is 63.7 Å². The molecule has 0 amide bonds. The zero-order valence-corrected chi connectivity index (χ0v) is 17.8. The summed E-state index contributed by atoms with van der Waals surface area (Å²) in [5, 5.41) is 24.7. The minimum Gasteiger partial charge on any atom is -0.624 e. The first kappa shape index (κ1) is 21.2. The van der Waals surface area contributed by atoms with E-state index in [0.29, 0.717) is 0 Å². The summed E-state index contributed by atoms with van der Waals surface area (Å²) in [6.45, 7) is 7.05. The van der Waals surface area contributed by atoms with Crippen LogP contribution >= 0.6 is 0 Å². The first-order valence-electron chi connectivity index (χ1n) is 10.3. The molecule has 2 aliphatic rings. The number of rotatable bonds is 5. The number of ether oxygens (including phenoxy) is 4. The van der Waals surface area contributed by atoms with Crippen LogP contribution in [0.2, 0.25) is 0 Å². The lowest BCUT2D eigenvalue weighted by atomic mass is 10.0. The van der Waals surface area contributed by atoms with E-state index in [4.69, 9.17) is 18.9 Å². The molecule has 7 heteroatoms. The standard InChI is InChI=1S/C23H29NO6/c1-22(2)27-18(20(29-22)21-19(14-25)28-23(3,4)30-21)13-24(26)12-16-10-7-9-15-8-5-6-11-17(15)16/h5-12,18-21,25H,13-14H2,1-4H3/b24-12-/t18-,19-,20+,21-/m1/s1. The summed E-state index contributed by atoms with van der Waals surface area (Å²) in [6.07, 6.45) is -0.598. The van der Waals surface area contributed by atoms with Gasteiger partial charge in [-0.1, -0.05) is 36.4 Å². The van der Waals surface area contributed by atoms with E-state index in [9.17, 15) is 10.3 Å². The van der Waals surface area contributed by atoms with E-state index < -0.39 is 36.0 Å². The molecule has 30 heavy (non-hydrogen) atoms. The van der Waals surface area contributed by atoms with Gasteiger partial charge in [0.2, 0.25) is 0 Å². The third kappa shape index (κ3) is 4.36. The number of hydroxylamine groups is 1. The zero-order chi connectivity index (χ0) is 21.5. The second-order valence-corrected chi connectivity index (χ2v) is 8.76. The topological polar surface area (TPSA) is 83.2 Å². The van der Waals surface area contributed by atoms with E-state index in [2.05, 4.69) is 0 Å². The second kappa shape index (κ2) is 7.90. The molecule has 1 N–H and O–H groups in total. The fourth-order valence-corrected chi connectivity index (χ4v) is 4.31. The number of aliphatic hydroxyl groups is 1.